The molecule has 0 radical (unpaired) electrons. The highest BCUT2D eigenvalue weighted by Gasteiger charge is 2.22. The van der Waals surface area contributed by atoms with E-state index in [-0.39, 0.29) is 11.7 Å². The summed E-state index contributed by atoms with van der Waals surface area (Å²) in [6, 6.07) is 2.04. The van der Waals surface area contributed by atoms with Crippen molar-refractivity contribution >= 4 is 5.78 Å². The third kappa shape index (κ3) is 2.97. The van der Waals surface area contributed by atoms with Gasteiger partial charge in [-0.05, 0) is 26.3 Å². The second kappa shape index (κ2) is 4.92. The summed E-state index contributed by atoms with van der Waals surface area (Å²) in [6.45, 7) is 7.67. The van der Waals surface area contributed by atoms with E-state index in [4.69, 9.17) is 5.26 Å². The third-order valence-corrected chi connectivity index (χ3v) is 2.65. The number of carbonyl (C=O) groups is 1. The van der Waals surface area contributed by atoms with Gasteiger partial charge in [-0.15, -0.1) is 0 Å². The SMILES string of the molecule is C=C(C#N)CN1CCCC(C(C)=O)C1. The summed E-state index contributed by atoms with van der Waals surface area (Å²) in [5.41, 5.74) is 0.578. The highest BCUT2D eigenvalue weighted by molar-refractivity contribution is 5.78. The standard InChI is InChI=1S/C11H16N2O/c1-9(6-12)7-13-5-3-4-11(8-13)10(2)14/h11H,1,3-5,7-8H2,2H3. The lowest BCUT2D eigenvalue weighted by Crippen LogP contribution is -2.38. The number of nitriles is 1. The van der Waals surface area contributed by atoms with Gasteiger partial charge in [-0.2, -0.15) is 5.26 Å². The van der Waals surface area contributed by atoms with E-state index in [0.29, 0.717) is 12.1 Å². The fraction of sp³-hybridized carbons (Fsp3) is 0.636. The molecular weight excluding hydrogens is 176 g/mol. The Morgan fingerprint density at radius 1 is 1.71 bits per heavy atom. The molecule has 0 N–H and O–H groups in total. The number of piperidine rings is 1. The van der Waals surface area contributed by atoms with Gasteiger partial charge < -0.3 is 0 Å². The van der Waals surface area contributed by atoms with Crippen molar-refractivity contribution in [2.75, 3.05) is 19.6 Å². The second-order valence-electron chi connectivity index (χ2n) is 3.90. The van der Waals surface area contributed by atoms with Gasteiger partial charge in [-0.25, -0.2) is 0 Å². The van der Waals surface area contributed by atoms with Gasteiger partial charge in [0.05, 0.1) is 6.07 Å². The van der Waals surface area contributed by atoms with Crippen molar-refractivity contribution < 1.29 is 4.79 Å². The van der Waals surface area contributed by atoms with Gasteiger partial charge in [0.15, 0.2) is 0 Å². The summed E-state index contributed by atoms with van der Waals surface area (Å²) >= 11 is 0. The molecule has 0 aromatic heterocycles. The molecular formula is C11H16N2O. The quantitative estimate of drug-likeness (QED) is 0.634. The largest absolute Gasteiger partial charge is 0.300 e. The summed E-state index contributed by atoms with van der Waals surface area (Å²) in [4.78, 5) is 13.3. The minimum absolute atomic E-state index is 0.162. The van der Waals surface area contributed by atoms with Crippen molar-refractivity contribution in [2.45, 2.75) is 19.8 Å². The van der Waals surface area contributed by atoms with E-state index in [1.807, 2.05) is 6.07 Å². The number of hydrogen-bond donors (Lipinski definition) is 0. The second-order valence-corrected chi connectivity index (χ2v) is 3.90. The molecule has 3 heteroatoms. The predicted octanol–water partition coefficient (Wildman–Crippen LogP) is 1.37. The van der Waals surface area contributed by atoms with E-state index < -0.39 is 0 Å². The Morgan fingerprint density at radius 2 is 2.43 bits per heavy atom. The summed E-state index contributed by atoms with van der Waals surface area (Å²) in [5.74, 6) is 0.424. The lowest BCUT2D eigenvalue weighted by atomic mass is 9.94. The van der Waals surface area contributed by atoms with E-state index in [9.17, 15) is 4.79 Å². The molecule has 0 amide bonds. The van der Waals surface area contributed by atoms with E-state index in [0.717, 1.165) is 25.9 Å². The van der Waals surface area contributed by atoms with Crippen molar-refractivity contribution in [3.8, 4) is 6.07 Å². The monoisotopic (exact) mass is 192 g/mol. The molecule has 0 saturated carbocycles. The van der Waals surface area contributed by atoms with Gasteiger partial charge in [-0.1, -0.05) is 6.58 Å². The van der Waals surface area contributed by atoms with Crippen molar-refractivity contribution in [2.24, 2.45) is 5.92 Å². The first-order valence-electron chi connectivity index (χ1n) is 4.94. The zero-order valence-corrected chi connectivity index (χ0v) is 8.62. The Balaban J connectivity index is 2.45. The molecule has 1 atom stereocenters. The zero-order valence-electron chi connectivity index (χ0n) is 8.62. The fourth-order valence-corrected chi connectivity index (χ4v) is 1.84. The normalized spacial score (nSPS) is 22.7. The van der Waals surface area contributed by atoms with Crippen LogP contribution in [-0.4, -0.2) is 30.3 Å². The van der Waals surface area contributed by atoms with Gasteiger partial charge in [0.25, 0.3) is 0 Å². The van der Waals surface area contributed by atoms with Crippen LogP contribution in [0.4, 0.5) is 0 Å². The highest BCUT2D eigenvalue weighted by atomic mass is 16.1. The number of likely N-dealkylation sites (tertiary alicyclic amines) is 1. The van der Waals surface area contributed by atoms with Crippen LogP contribution < -0.4 is 0 Å². The lowest BCUT2D eigenvalue weighted by Gasteiger charge is -2.30. The molecule has 0 bridgehead atoms. The van der Waals surface area contributed by atoms with E-state index >= 15 is 0 Å². The molecule has 14 heavy (non-hydrogen) atoms. The first-order valence-corrected chi connectivity index (χ1v) is 4.94. The zero-order chi connectivity index (χ0) is 10.6. The summed E-state index contributed by atoms with van der Waals surface area (Å²) in [5, 5.41) is 8.60. The number of ketones is 1. The van der Waals surface area contributed by atoms with E-state index in [2.05, 4.69) is 11.5 Å². The van der Waals surface area contributed by atoms with Crippen LogP contribution in [0, 0.1) is 17.2 Å². The smallest absolute Gasteiger partial charge is 0.134 e. The molecule has 1 heterocycles. The van der Waals surface area contributed by atoms with Crippen LogP contribution in [0.3, 0.4) is 0 Å². The fourth-order valence-electron chi connectivity index (χ4n) is 1.84. The molecule has 0 aliphatic carbocycles. The van der Waals surface area contributed by atoms with Crippen molar-refractivity contribution in [3.05, 3.63) is 12.2 Å². The van der Waals surface area contributed by atoms with Crippen molar-refractivity contribution in [1.82, 2.24) is 4.90 Å². The maximum Gasteiger partial charge on any atom is 0.134 e. The number of hydrogen-bond acceptors (Lipinski definition) is 3. The number of rotatable bonds is 3. The van der Waals surface area contributed by atoms with Gasteiger partial charge in [0, 0.05) is 24.6 Å². The Labute approximate surface area is 85.0 Å². The van der Waals surface area contributed by atoms with Gasteiger partial charge >= 0.3 is 0 Å². The number of nitrogens with zero attached hydrogens (tertiary/aromatic N) is 2. The topological polar surface area (TPSA) is 44.1 Å². The molecule has 1 aliphatic rings. The van der Waals surface area contributed by atoms with Crippen LogP contribution in [0.15, 0.2) is 12.2 Å². The minimum Gasteiger partial charge on any atom is -0.300 e. The third-order valence-electron chi connectivity index (χ3n) is 2.65. The summed E-state index contributed by atoms with van der Waals surface area (Å²) in [6.07, 6.45) is 2.04. The first kappa shape index (κ1) is 10.9. The molecule has 76 valence electrons. The van der Waals surface area contributed by atoms with Crippen LogP contribution in [0.25, 0.3) is 0 Å². The Kier molecular flexibility index (Phi) is 3.84. The molecule has 1 saturated heterocycles. The molecule has 1 rings (SSSR count). The van der Waals surface area contributed by atoms with Crippen LogP contribution in [0.1, 0.15) is 19.8 Å². The Bertz CT molecular complexity index is 278. The molecule has 1 unspecified atom stereocenters. The minimum atomic E-state index is 0.162. The molecule has 0 aromatic carbocycles. The molecule has 1 fully saturated rings. The van der Waals surface area contributed by atoms with Gasteiger partial charge in [-0.3, -0.25) is 9.69 Å². The predicted molar refractivity (Wildman–Crippen MR) is 54.6 cm³/mol. The molecule has 0 aromatic rings. The molecule has 0 spiro atoms. The van der Waals surface area contributed by atoms with Gasteiger partial charge in [0.2, 0.25) is 0 Å². The average Bonchev–Trinajstić information content (AvgIpc) is 2.18. The Hall–Kier alpha value is -1.14. The van der Waals surface area contributed by atoms with E-state index in [1.54, 1.807) is 6.92 Å². The molecule has 1 aliphatic heterocycles. The lowest BCUT2D eigenvalue weighted by molar-refractivity contribution is -0.122. The van der Waals surface area contributed by atoms with Crippen molar-refractivity contribution in [3.63, 3.8) is 0 Å². The van der Waals surface area contributed by atoms with Crippen LogP contribution in [0.5, 0.6) is 0 Å². The average molecular weight is 192 g/mol. The van der Waals surface area contributed by atoms with E-state index in [1.165, 1.54) is 0 Å². The number of carbonyl (C=O) groups excluding carboxylic acids is 1. The summed E-state index contributed by atoms with van der Waals surface area (Å²) in [7, 11) is 0. The highest BCUT2D eigenvalue weighted by Crippen LogP contribution is 2.17. The maximum atomic E-state index is 11.2. The van der Waals surface area contributed by atoms with Crippen molar-refractivity contribution in [1.29, 1.82) is 5.26 Å². The number of Topliss-reactive ketones (excluding diaryl/α,β-unsaturated/α-hetero) is 1. The van der Waals surface area contributed by atoms with Crippen LogP contribution in [0.2, 0.25) is 0 Å². The molecule has 3 nitrogen and oxygen atoms in total. The van der Waals surface area contributed by atoms with Crippen LogP contribution in [-0.2, 0) is 4.79 Å². The Morgan fingerprint density at radius 3 is 3.00 bits per heavy atom. The van der Waals surface area contributed by atoms with Gasteiger partial charge in [0.1, 0.15) is 5.78 Å². The first-order chi connectivity index (χ1) is 6.63. The summed E-state index contributed by atoms with van der Waals surface area (Å²) < 4.78 is 0. The van der Waals surface area contributed by atoms with Crippen LogP contribution >= 0.6 is 0 Å². The maximum absolute atomic E-state index is 11.2.